The molecule has 0 saturated carbocycles. The molecular formula is C21H24BNO5. The van der Waals surface area contributed by atoms with Gasteiger partial charge in [0.05, 0.1) is 18.4 Å². The van der Waals surface area contributed by atoms with Gasteiger partial charge < -0.3 is 24.3 Å². The Hall–Kier alpha value is -2.45. The van der Waals surface area contributed by atoms with Gasteiger partial charge in [-0.1, -0.05) is 18.7 Å². The third kappa shape index (κ3) is 5.08. The zero-order chi connectivity index (χ0) is 19.9. The van der Waals surface area contributed by atoms with E-state index in [0.29, 0.717) is 36.3 Å². The maximum Gasteiger partial charge on any atom is 0.458 e. The first kappa shape index (κ1) is 20.3. The molecule has 7 heteroatoms. The number of nitrogens with zero attached hydrogens (tertiary/aromatic N) is 1. The quantitative estimate of drug-likeness (QED) is 0.609. The molecule has 0 aromatic carbocycles. The Kier molecular flexibility index (Phi) is 7.00. The van der Waals surface area contributed by atoms with Gasteiger partial charge in [-0.2, -0.15) is 0 Å². The molecule has 0 bridgehead atoms. The van der Waals surface area contributed by atoms with Crippen LogP contribution in [0, 0.1) is 0 Å². The molecule has 1 aliphatic heterocycles. The number of aromatic nitrogens is 1. The molecule has 2 aromatic rings. The van der Waals surface area contributed by atoms with Gasteiger partial charge in [0, 0.05) is 12.5 Å². The molecule has 2 aromatic heterocycles. The minimum atomic E-state index is -0.861. The SMILES string of the molecule is C=C(CO)C1=CCB(O)OC1CC/C(=C/c1ccc(CO)o1)c1ccccn1. The molecule has 0 saturated heterocycles. The van der Waals surface area contributed by atoms with Crippen LogP contribution >= 0.6 is 0 Å². The van der Waals surface area contributed by atoms with E-state index in [9.17, 15) is 15.2 Å². The maximum absolute atomic E-state index is 9.87. The molecule has 6 nitrogen and oxygen atoms in total. The highest BCUT2D eigenvalue weighted by Gasteiger charge is 2.28. The molecule has 3 heterocycles. The van der Waals surface area contributed by atoms with Crippen LogP contribution in [0.3, 0.4) is 0 Å². The average molecular weight is 381 g/mol. The van der Waals surface area contributed by atoms with E-state index < -0.39 is 7.12 Å². The van der Waals surface area contributed by atoms with E-state index in [1.54, 1.807) is 18.3 Å². The summed E-state index contributed by atoms with van der Waals surface area (Å²) in [7, 11) is -0.861. The highest BCUT2D eigenvalue weighted by Crippen LogP contribution is 2.30. The number of furan rings is 1. The zero-order valence-corrected chi connectivity index (χ0v) is 15.6. The predicted octanol–water partition coefficient (Wildman–Crippen LogP) is 2.84. The topological polar surface area (TPSA) is 96.0 Å². The Morgan fingerprint density at radius 1 is 1.29 bits per heavy atom. The lowest BCUT2D eigenvalue weighted by atomic mass is 9.78. The normalized spacial score (nSPS) is 17.5. The van der Waals surface area contributed by atoms with E-state index in [0.717, 1.165) is 16.8 Å². The molecule has 0 spiro atoms. The highest BCUT2D eigenvalue weighted by atomic mass is 16.5. The Balaban J connectivity index is 1.82. The molecule has 28 heavy (non-hydrogen) atoms. The van der Waals surface area contributed by atoms with Crippen molar-refractivity contribution in [3.05, 3.63) is 77.5 Å². The number of pyridine rings is 1. The van der Waals surface area contributed by atoms with Crippen molar-refractivity contribution < 1.29 is 24.3 Å². The molecule has 3 rings (SSSR count). The summed E-state index contributed by atoms with van der Waals surface area (Å²) in [6, 6.07) is 9.21. The predicted molar refractivity (Wildman–Crippen MR) is 108 cm³/mol. The maximum atomic E-state index is 9.87. The van der Waals surface area contributed by atoms with Crippen LogP contribution in [0.25, 0.3) is 11.6 Å². The van der Waals surface area contributed by atoms with Crippen LogP contribution < -0.4 is 0 Å². The van der Waals surface area contributed by atoms with E-state index in [-0.39, 0.29) is 19.3 Å². The van der Waals surface area contributed by atoms with Gasteiger partial charge in [-0.05, 0) is 59.9 Å². The average Bonchev–Trinajstić information content (AvgIpc) is 3.19. The van der Waals surface area contributed by atoms with Gasteiger partial charge >= 0.3 is 7.12 Å². The lowest BCUT2D eigenvalue weighted by Crippen LogP contribution is -2.32. The van der Waals surface area contributed by atoms with E-state index in [1.807, 2.05) is 30.4 Å². The van der Waals surface area contributed by atoms with Crippen LogP contribution in [0.1, 0.15) is 30.1 Å². The van der Waals surface area contributed by atoms with Gasteiger partial charge in [-0.15, -0.1) is 0 Å². The first-order chi connectivity index (χ1) is 13.6. The second kappa shape index (κ2) is 9.66. The summed E-state index contributed by atoms with van der Waals surface area (Å²) in [5.74, 6) is 1.12. The van der Waals surface area contributed by atoms with Crippen molar-refractivity contribution in [3.8, 4) is 0 Å². The van der Waals surface area contributed by atoms with Crippen molar-refractivity contribution in [1.82, 2.24) is 4.98 Å². The van der Waals surface area contributed by atoms with Crippen molar-refractivity contribution in [2.24, 2.45) is 0 Å². The molecule has 0 aliphatic carbocycles. The Morgan fingerprint density at radius 2 is 2.14 bits per heavy atom. The second-order valence-electron chi connectivity index (χ2n) is 6.62. The highest BCUT2D eigenvalue weighted by molar-refractivity contribution is 6.43. The van der Waals surface area contributed by atoms with Crippen LogP contribution in [0.4, 0.5) is 0 Å². The Bertz CT molecular complexity index is 859. The summed E-state index contributed by atoms with van der Waals surface area (Å²) in [6.45, 7) is 3.59. The molecule has 0 fully saturated rings. The Labute approximate surface area is 164 Å². The number of aliphatic hydroxyl groups excluding tert-OH is 2. The van der Waals surface area contributed by atoms with Gasteiger partial charge in [0.25, 0.3) is 0 Å². The minimum absolute atomic E-state index is 0.152. The second-order valence-corrected chi connectivity index (χ2v) is 6.62. The van der Waals surface area contributed by atoms with Gasteiger partial charge in [0.1, 0.15) is 18.1 Å². The number of hydrogen-bond acceptors (Lipinski definition) is 6. The summed E-state index contributed by atoms with van der Waals surface area (Å²) in [5.41, 5.74) is 3.18. The van der Waals surface area contributed by atoms with Crippen molar-refractivity contribution in [2.45, 2.75) is 31.9 Å². The Morgan fingerprint density at radius 3 is 2.82 bits per heavy atom. The van der Waals surface area contributed by atoms with Crippen molar-refractivity contribution in [3.63, 3.8) is 0 Å². The van der Waals surface area contributed by atoms with Crippen LogP contribution in [-0.2, 0) is 11.3 Å². The standard InChI is InChI=1S/C21H24BNO5/c1-15(13-24)19-9-10-22(26)28-21(19)8-5-16(20-4-2-3-11-23-20)12-17-6-7-18(14-25)27-17/h2-4,6-7,9,11-12,21,24-26H,1,5,8,10,13-14H2/b16-12-. The third-order valence-corrected chi connectivity index (χ3v) is 4.63. The molecule has 146 valence electrons. The monoisotopic (exact) mass is 381 g/mol. The van der Waals surface area contributed by atoms with Crippen molar-refractivity contribution in [2.75, 3.05) is 6.61 Å². The number of aliphatic hydroxyl groups is 2. The summed E-state index contributed by atoms with van der Waals surface area (Å²) in [4.78, 5) is 4.43. The fourth-order valence-corrected chi connectivity index (χ4v) is 3.21. The third-order valence-electron chi connectivity index (χ3n) is 4.63. The van der Waals surface area contributed by atoms with E-state index >= 15 is 0 Å². The molecule has 0 amide bonds. The number of rotatable bonds is 8. The smallest absolute Gasteiger partial charge is 0.458 e. The molecular weight excluding hydrogens is 357 g/mol. The van der Waals surface area contributed by atoms with Crippen LogP contribution in [0.2, 0.25) is 6.32 Å². The summed E-state index contributed by atoms with van der Waals surface area (Å²) in [5, 5.41) is 28.5. The number of allylic oxidation sites excluding steroid dienone is 2. The first-order valence-corrected chi connectivity index (χ1v) is 9.25. The van der Waals surface area contributed by atoms with Gasteiger partial charge in [-0.3, -0.25) is 4.98 Å². The van der Waals surface area contributed by atoms with Gasteiger partial charge in [-0.25, -0.2) is 0 Å². The molecule has 3 N–H and O–H groups in total. The van der Waals surface area contributed by atoms with E-state index in [4.69, 9.17) is 9.07 Å². The lowest BCUT2D eigenvalue weighted by molar-refractivity contribution is 0.182. The van der Waals surface area contributed by atoms with Gasteiger partial charge in [0.2, 0.25) is 0 Å². The van der Waals surface area contributed by atoms with Crippen molar-refractivity contribution in [1.29, 1.82) is 0 Å². The summed E-state index contributed by atoms with van der Waals surface area (Å²) in [6.07, 6.45) is 6.71. The lowest BCUT2D eigenvalue weighted by Gasteiger charge is -2.28. The van der Waals surface area contributed by atoms with E-state index in [1.165, 1.54) is 0 Å². The fraction of sp³-hybridized carbons (Fsp3) is 0.286. The zero-order valence-electron chi connectivity index (χ0n) is 15.6. The fourth-order valence-electron chi connectivity index (χ4n) is 3.21. The van der Waals surface area contributed by atoms with Crippen LogP contribution in [-0.4, -0.2) is 40.1 Å². The van der Waals surface area contributed by atoms with Crippen molar-refractivity contribution >= 4 is 18.8 Å². The van der Waals surface area contributed by atoms with Crippen LogP contribution in [0.5, 0.6) is 0 Å². The molecule has 1 unspecified atom stereocenters. The number of hydrogen-bond donors (Lipinski definition) is 3. The molecule has 1 atom stereocenters. The summed E-state index contributed by atoms with van der Waals surface area (Å²) >= 11 is 0. The first-order valence-electron chi connectivity index (χ1n) is 9.25. The molecule has 1 aliphatic rings. The minimum Gasteiger partial charge on any atom is -0.459 e. The van der Waals surface area contributed by atoms with Gasteiger partial charge in [0.15, 0.2) is 0 Å². The molecule has 0 radical (unpaired) electrons. The largest absolute Gasteiger partial charge is 0.459 e. The van der Waals surface area contributed by atoms with E-state index in [2.05, 4.69) is 11.6 Å². The van der Waals surface area contributed by atoms with Crippen LogP contribution in [0.15, 0.2) is 64.7 Å². The summed E-state index contributed by atoms with van der Waals surface area (Å²) < 4.78 is 11.3.